The number of hydrogen-bond acceptors (Lipinski definition) is 4. The average molecular weight is 376 g/mol. The van der Waals surface area contributed by atoms with Crippen molar-refractivity contribution in [3.05, 3.63) is 34.1 Å². The van der Waals surface area contributed by atoms with Gasteiger partial charge >= 0.3 is 0 Å². The van der Waals surface area contributed by atoms with Crippen molar-refractivity contribution in [1.29, 1.82) is 0 Å². The second-order valence-electron chi connectivity index (χ2n) is 7.49. The van der Waals surface area contributed by atoms with Gasteiger partial charge in [-0.3, -0.25) is 4.79 Å². The molecule has 0 atom stereocenters. The van der Waals surface area contributed by atoms with Crippen LogP contribution in [0.3, 0.4) is 0 Å². The van der Waals surface area contributed by atoms with Crippen LogP contribution in [-0.4, -0.2) is 21.8 Å². The molecule has 1 aromatic heterocycles. The van der Waals surface area contributed by atoms with E-state index in [0.29, 0.717) is 40.6 Å². The number of thioether (sulfide) groups is 1. The molecule has 0 aliphatic heterocycles. The zero-order valence-corrected chi connectivity index (χ0v) is 15.7. The first-order valence-corrected chi connectivity index (χ1v) is 10.7. The van der Waals surface area contributed by atoms with E-state index >= 15 is 0 Å². The van der Waals surface area contributed by atoms with Crippen LogP contribution in [0.25, 0.3) is 10.9 Å². The monoisotopic (exact) mass is 376 g/mol. The normalized spacial score (nSPS) is 18.8. The molecule has 2 aromatic rings. The Morgan fingerprint density at radius 1 is 1.15 bits per heavy atom. The van der Waals surface area contributed by atoms with E-state index in [1.807, 2.05) is 11.8 Å². The number of fused-ring (bicyclic) bond motifs is 1. The molecule has 0 spiro atoms. The second kappa shape index (κ2) is 7.99. The van der Waals surface area contributed by atoms with Gasteiger partial charge in [-0.25, -0.2) is 9.37 Å². The summed E-state index contributed by atoms with van der Waals surface area (Å²) in [6, 6.07) is 3.00. The fourth-order valence-corrected chi connectivity index (χ4v) is 4.90. The Bertz CT molecular complexity index is 828. The number of hydrogen-bond donors (Lipinski definition) is 1. The Hall–Kier alpha value is -1.56. The van der Waals surface area contributed by atoms with Gasteiger partial charge in [0.1, 0.15) is 22.8 Å². The zero-order valence-electron chi connectivity index (χ0n) is 14.9. The van der Waals surface area contributed by atoms with E-state index < -0.39 is 11.4 Å². The van der Waals surface area contributed by atoms with Crippen LogP contribution in [0.5, 0.6) is 5.75 Å². The smallest absolute Gasteiger partial charge is 0.261 e. The molecule has 2 fully saturated rings. The summed E-state index contributed by atoms with van der Waals surface area (Å²) in [4.78, 5) is 19.6. The number of nitrogens with zero attached hydrogens (tertiary/aromatic N) is 1. The van der Waals surface area contributed by atoms with E-state index in [1.165, 1.54) is 57.4 Å². The Labute approximate surface area is 156 Å². The van der Waals surface area contributed by atoms with E-state index in [9.17, 15) is 9.18 Å². The Kier molecular flexibility index (Phi) is 5.48. The van der Waals surface area contributed by atoms with Gasteiger partial charge in [0, 0.05) is 17.4 Å². The number of H-pyrrole nitrogens is 1. The Balaban J connectivity index is 1.51. The SMILES string of the molecule is O=c1[nH]c(CSC2CCCCC2)nc2cc(OCC3CCC3)cc(F)c12. The van der Waals surface area contributed by atoms with Crippen LogP contribution in [-0.2, 0) is 5.75 Å². The largest absolute Gasteiger partial charge is 0.493 e. The van der Waals surface area contributed by atoms with E-state index in [1.54, 1.807) is 6.07 Å². The molecule has 0 unspecified atom stereocenters. The lowest BCUT2D eigenvalue weighted by molar-refractivity contribution is 0.180. The summed E-state index contributed by atoms with van der Waals surface area (Å²) in [6.45, 7) is 0.610. The maximum atomic E-state index is 14.4. The summed E-state index contributed by atoms with van der Waals surface area (Å²) in [7, 11) is 0. The average Bonchev–Trinajstić information content (AvgIpc) is 2.59. The second-order valence-corrected chi connectivity index (χ2v) is 8.78. The van der Waals surface area contributed by atoms with Gasteiger partial charge in [0.2, 0.25) is 0 Å². The number of rotatable bonds is 6. The van der Waals surface area contributed by atoms with Crippen LogP contribution in [0.4, 0.5) is 4.39 Å². The summed E-state index contributed by atoms with van der Waals surface area (Å²) in [5, 5.41) is 0.658. The minimum Gasteiger partial charge on any atom is -0.493 e. The molecule has 2 aliphatic rings. The van der Waals surface area contributed by atoms with Crippen molar-refractivity contribution in [2.75, 3.05) is 6.61 Å². The molecule has 26 heavy (non-hydrogen) atoms. The molecule has 0 amide bonds. The zero-order chi connectivity index (χ0) is 17.9. The lowest BCUT2D eigenvalue weighted by Crippen LogP contribution is -2.19. The van der Waals surface area contributed by atoms with Crippen molar-refractivity contribution >= 4 is 22.7 Å². The highest BCUT2D eigenvalue weighted by Gasteiger charge is 2.19. The fourth-order valence-electron chi connectivity index (χ4n) is 3.70. The summed E-state index contributed by atoms with van der Waals surface area (Å²) in [5.41, 5.74) is -0.0195. The highest BCUT2D eigenvalue weighted by molar-refractivity contribution is 7.99. The van der Waals surface area contributed by atoms with Gasteiger partial charge < -0.3 is 9.72 Å². The van der Waals surface area contributed by atoms with Gasteiger partial charge in [0.25, 0.3) is 5.56 Å². The van der Waals surface area contributed by atoms with Gasteiger partial charge in [0.05, 0.1) is 17.9 Å². The van der Waals surface area contributed by atoms with E-state index in [-0.39, 0.29) is 5.39 Å². The molecule has 4 nitrogen and oxygen atoms in total. The standard InChI is InChI=1S/C20H25FN2O2S/c21-16-9-14(25-11-13-5-4-6-13)10-17-19(16)20(24)23-18(22-17)12-26-15-7-2-1-3-8-15/h9-10,13,15H,1-8,11-12H2,(H,22,23,24). The third-order valence-electron chi connectivity index (χ3n) is 5.50. The molecule has 1 heterocycles. The van der Waals surface area contributed by atoms with E-state index in [4.69, 9.17) is 4.74 Å². The molecule has 0 saturated heterocycles. The van der Waals surface area contributed by atoms with Crippen LogP contribution >= 0.6 is 11.8 Å². The number of benzene rings is 1. The number of nitrogens with one attached hydrogen (secondary N) is 1. The minimum absolute atomic E-state index is 0.0208. The summed E-state index contributed by atoms with van der Waals surface area (Å²) in [6.07, 6.45) is 9.96. The first-order chi connectivity index (χ1) is 12.7. The summed E-state index contributed by atoms with van der Waals surface area (Å²) in [5.74, 6) is 1.75. The highest BCUT2D eigenvalue weighted by Crippen LogP contribution is 2.31. The molecule has 2 aliphatic carbocycles. The molecule has 140 valence electrons. The third-order valence-corrected chi connectivity index (χ3v) is 6.88. The molecular weight excluding hydrogens is 351 g/mol. The first kappa shape index (κ1) is 17.8. The Morgan fingerprint density at radius 2 is 1.96 bits per heavy atom. The molecule has 1 N–H and O–H groups in total. The number of ether oxygens (including phenoxy) is 1. The molecule has 0 bridgehead atoms. The maximum absolute atomic E-state index is 14.4. The molecular formula is C20H25FN2O2S. The topological polar surface area (TPSA) is 55.0 Å². The Morgan fingerprint density at radius 3 is 2.69 bits per heavy atom. The molecule has 6 heteroatoms. The number of aromatic amines is 1. The fraction of sp³-hybridized carbons (Fsp3) is 0.600. The van der Waals surface area contributed by atoms with Crippen LogP contribution in [0.1, 0.15) is 57.2 Å². The van der Waals surface area contributed by atoms with Crippen molar-refractivity contribution in [2.45, 2.75) is 62.4 Å². The predicted molar refractivity (Wildman–Crippen MR) is 103 cm³/mol. The minimum atomic E-state index is -0.564. The lowest BCUT2D eigenvalue weighted by Gasteiger charge is -2.25. The van der Waals surface area contributed by atoms with Crippen LogP contribution in [0.2, 0.25) is 0 Å². The van der Waals surface area contributed by atoms with Gasteiger partial charge in [-0.1, -0.05) is 25.7 Å². The number of aromatic nitrogens is 2. The first-order valence-electron chi connectivity index (χ1n) is 9.66. The third kappa shape index (κ3) is 4.05. The molecule has 4 rings (SSSR count). The quantitative estimate of drug-likeness (QED) is 0.786. The summed E-state index contributed by atoms with van der Waals surface area (Å²) < 4.78 is 20.1. The van der Waals surface area contributed by atoms with Crippen LogP contribution < -0.4 is 10.3 Å². The highest BCUT2D eigenvalue weighted by atomic mass is 32.2. The van der Waals surface area contributed by atoms with Gasteiger partial charge in [0.15, 0.2) is 0 Å². The van der Waals surface area contributed by atoms with Crippen molar-refractivity contribution < 1.29 is 9.13 Å². The van der Waals surface area contributed by atoms with E-state index in [0.717, 1.165) is 0 Å². The molecule has 2 saturated carbocycles. The van der Waals surface area contributed by atoms with E-state index in [2.05, 4.69) is 9.97 Å². The maximum Gasteiger partial charge on any atom is 0.261 e. The predicted octanol–water partition coefficient (Wildman–Crippen LogP) is 4.81. The lowest BCUT2D eigenvalue weighted by atomic mass is 9.86. The number of halogens is 1. The van der Waals surface area contributed by atoms with Crippen molar-refractivity contribution in [3.8, 4) is 5.75 Å². The summed E-state index contributed by atoms with van der Waals surface area (Å²) >= 11 is 1.84. The van der Waals surface area contributed by atoms with Crippen molar-refractivity contribution in [2.24, 2.45) is 5.92 Å². The molecule has 0 radical (unpaired) electrons. The van der Waals surface area contributed by atoms with Crippen molar-refractivity contribution in [3.63, 3.8) is 0 Å². The van der Waals surface area contributed by atoms with Gasteiger partial charge in [-0.15, -0.1) is 0 Å². The van der Waals surface area contributed by atoms with Gasteiger partial charge in [-0.05, 0) is 31.6 Å². The van der Waals surface area contributed by atoms with Crippen molar-refractivity contribution in [1.82, 2.24) is 9.97 Å². The molecule has 1 aromatic carbocycles. The van der Waals surface area contributed by atoms with Gasteiger partial charge in [-0.2, -0.15) is 11.8 Å². The van der Waals surface area contributed by atoms with Crippen LogP contribution in [0, 0.1) is 11.7 Å². The van der Waals surface area contributed by atoms with Crippen LogP contribution in [0.15, 0.2) is 16.9 Å².